The van der Waals surface area contributed by atoms with Crippen LogP contribution in [-0.2, 0) is 18.9 Å². The van der Waals surface area contributed by atoms with Crippen LogP contribution in [0.1, 0.15) is 64.5 Å². The maximum atomic E-state index is 5.87. The Morgan fingerprint density at radius 1 is 0.529 bits per heavy atom. The van der Waals surface area contributed by atoms with Crippen LogP contribution in [0.5, 0.6) is 0 Å². The van der Waals surface area contributed by atoms with Crippen LogP contribution in [0.15, 0.2) is 48.5 Å². The molecule has 2 aliphatic heterocycles. The minimum atomic E-state index is -0.106. The van der Waals surface area contributed by atoms with Gasteiger partial charge in [-0.3, -0.25) is 0 Å². The lowest BCUT2D eigenvalue weighted by Gasteiger charge is -2.36. The van der Waals surface area contributed by atoms with E-state index in [-0.39, 0.29) is 23.4 Å². The van der Waals surface area contributed by atoms with Gasteiger partial charge in [-0.05, 0) is 35.4 Å². The van der Waals surface area contributed by atoms with E-state index in [0.29, 0.717) is 38.3 Å². The molecule has 0 saturated carbocycles. The fourth-order valence-electron chi connectivity index (χ4n) is 3.86. The molecular weight excluding hydrogens is 471 g/mol. The summed E-state index contributed by atoms with van der Waals surface area (Å²) in [5.41, 5.74) is 2.51. The molecule has 0 radical (unpaired) electrons. The highest BCUT2D eigenvalue weighted by Gasteiger charge is 2.33. The molecule has 4 nitrogen and oxygen atoms in total. The second-order valence-corrected chi connectivity index (χ2v) is 12.1. The number of hydrogen-bond acceptors (Lipinski definition) is 4. The maximum Gasteiger partial charge on any atom is 0.162 e. The van der Waals surface area contributed by atoms with Gasteiger partial charge in [0.15, 0.2) is 12.6 Å². The summed E-state index contributed by atoms with van der Waals surface area (Å²) in [6.45, 7) is 15.6. The molecule has 2 heterocycles. The quantitative estimate of drug-likeness (QED) is 0.416. The molecule has 0 aliphatic carbocycles. The average molecular weight is 510 g/mol. The zero-order valence-corrected chi connectivity index (χ0v) is 22.7. The molecule has 6 heteroatoms. The van der Waals surface area contributed by atoms with E-state index in [4.69, 9.17) is 42.1 Å². The van der Waals surface area contributed by atoms with Crippen LogP contribution in [0.4, 0.5) is 0 Å². The van der Waals surface area contributed by atoms with Crippen molar-refractivity contribution in [1.82, 2.24) is 0 Å². The topological polar surface area (TPSA) is 36.9 Å². The van der Waals surface area contributed by atoms with Gasteiger partial charge in [0.1, 0.15) is 0 Å². The Kier molecular flexibility index (Phi) is 9.47. The summed E-state index contributed by atoms with van der Waals surface area (Å²) in [4.78, 5) is 0. The van der Waals surface area contributed by atoms with Crippen LogP contribution >= 0.6 is 23.2 Å². The first kappa shape index (κ1) is 27.4. The number of halogens is 2. The van der Waals surface area contributed by atoms with E-state index in [1.165, 1.54) is 11.1 Å². The Labute approximate surface area is 214 Å². The first-order chi connectivity index (χ1) is 15.9. The molecule has 0 unspecified atom stereocenters. The van der Waals surface area contributed by atoms with Gasteiger partial charge in [0.05, 0.1) is 26.4 Å². The zero-order chi connectivity index (χ0) is 24.9. The van der Waals surface area contributed by atoms with Gasteiger partial charge in [-0.1, -0.05) is 89.0 Å². The number of rotatable bonds is 2. The highest BCUT2D eigenvalue weighted by atomic mass is 35.5. The van der Waals surface area contributed by atoms with E-state index in [9.17, 15) is 0 Å². The third-order valence-corrected chi connectivity index (χ3v) is 6.40. The second-order valence-electron chi connectivity index (χ2n) is 11.2. The molecule has 2 fully saturated rings. The number of benzene rings is 2. The van der Waals surface area contributed by atoms with Gasteiger partial charge >= 0.3 is 0 Å². The minimum Gasteiger partial charge on any atom is -0.351 e. The normalized spacial score (nSPS) is 25.9. The highest BCUT2D eigenvalue weighted by molar-refractivity contribution is 6.30. The molecule has 2 aromatic rings. The van der Waals surface area contributed by atoms with Gasteiger partial charge in [-0.2, -0.15) is 0 Å². The van der Waals surface area contributed by atoms with Crippen molar-refractivity contribution in [1.29, 1.82) is 0 Å². The third kappa shape index (κ3) is 7.94. The molecular formula is C28H38Cl2O4. The Morgan fingerprint density at radius 2 is 0.794 bits per heavy atom. The first-order valence-electron chi connectivity index (χ1n) is 11.9. The van der Waals surface area contributed by atoms with Crippen molar-refractivity contribution in [2.75, 3.05) is 26.4 Å². The molecule has 34 heavy (non-hydrogen) atoms. The molecule has 2 aliphatic rings. The summed E-state index contributed by atoms with van der Waals surface area (Å²) in [5, 5.41) is 1.53. The van der Waals surface area contributed by atoms with Crippen LogP contribution in [0.25, 0.3) is 0 Å². The Morgan fingerprint density at radius 3 is 1.03 bits per heavy atom. The lowest BCUT2D eigenvalue weighted by atomic mass is 9.94. The van der Waals surface area contributed by atoms with Crippen molar-refractivity contribution in [2.45, 2.75) is 66.0 Å². The SMILES string of the molecule is CC(C)(C)C1OCC(c2ccc(Cl)cc2)CO1.CC(C)(C)C1OCC(c2ccc(Cl)cc2)CO1. The third-order valence-electron chi connectivity index (χ3n) is 5.89. The van der Waals surface area contributed by atoms with E-state index < -0.39 is 0 Å². The summed E-state index contributed by atoms with van der Waals surface area (Å²) in [6, 6.07) is 15.8. The van der Waals surface area contributed by atoms with E-state index in [0.717, 1.165) is 10.0 Å². The van der Waals surface area contributed by atoms with Crippen molar-refractivity contribution >= 4 is 23.2 Å². The molecule has 0 aromatic heterocycles. The Balaban J connectivity index is 0.000000191. The largest absolute Gasteiger partial charge is 0.351 e. The minimum absolute atomic E-state index is 0.0327. The van der Waals surface area contributed by atoms with Gasteiger partial charge in [0, 0.05) is 32.7 Å². The van der Waals surface area contributed by atoms with Crippen LogP contribution in [-0.4, -0.2) is 39.0 Å². The fraction of sp³-hybridized carbons (Fsp3) is 0.571. The van der Waals surface area contributed by atoms with Crippen molar-refractivity contribution in [3.8, 4) is 0 Å². The van der Waals surface area contributed by atoms with Crippen LogP contribution in [0.2, 0.25) is 10.0 Å². The van der Waals surface area contributed by atoms with Gasteiger partial charge < -0.3 is 18.9 Å². The van der Waals surface area contributed by atoms with Crippen molar-refractivity contribution < 1.29 is 18.9 Å². The van der Waals surface area contributed by atoms with Gasteiger partial charge in [-0.15, -0.1) is 0 Å². The molecule has 0 amide bonds. The monoisotopic (exact) mass is 508 g/mol. The predicted octanol–water partition coefficient (Wildman–Crippen LogP) is 7.69. The summed E-state index contributed by atoms with van der Waals surface area (Å²) < 4.78 is 23.1. The standard InChI is InChI=1S/2C14H19ClO2/c2*1-14(2,3)13-16-8-11(9-17-13)10-4-6-12(15)7-5-10/h2*4-7,11,13H,8-9H2,1-3H3. The molecule has 0 N–H and O–H groups in total. The molecule has 4 rings (SSSR count). The zero-order valence-electron chi connectivity index (χ0n) is 21.1. The van der Waals surface area contributed by atoms with E-state index >= 15 is 0 Å². The summed E-state index contributed by atoms with van der Waals surface area (Å²) in [6.07, 6.45) is -0.211. The highest BCUT2D eigenvalue weighted by Crippen LogP contribution is 2.32. The molecule has 2 aromatic carbocycles. The lowest BCUT2D eigenvalue weighted by Crippen LogP contribution is -2.39. The second kappa shape index (κ2) is 11.7. The predicted molar refractivity (Wildman–Crippen MR) is 139 cm³/mol. The Bertz CT molecular complexity index is 793. The van der Waals surface area contributed by atoms with E-state index in [1.54, 1.807) is 0 Å². The lowest BCUT2D eigenvalue weighted by molar-refractivity contribution is -0.231. The molecule has 0 bridgehead atoms. The summed E-state index contributed by atoms with van der Waals surface area (Å²) in [7, 11) is 0. The van der Waals surface area contributed by atoms with Gasteiger partial charge in [0.25, 0.3) is 0 Å². The maximum absolute atomic E-state index is 5.87. The van der Waals surface area contributed by atoms with Crippen molar-refractivity contribution in [3.63, 3.8) is 0 Å². The van der Waals surface area contributed by atoms with Crippen LogP contribution in [0.3, 0.4) is 0 Å². The van der Waals surface area contributed by atoms with Gasteiger partial charge in [0.2, 0.25) is 0 Å². The van der Waals surface area contributed by atoms with Crippen molar-refractivity contribution in [2.24, 2.45) is 10.8 Å². The van der Waals surface area contributed by atoms with Gasteiger partial charge in [-0.25, -0.2) is 0 Å². The Hall–Kier alpha value is -1.14. The molecule has 188 valence electrons. The first-order valence-corrected chi connectivity index (χ1v) is 12.7. The van der Waals surface area contributed by atoms with E-state index in [2.05, 4.69) is 41.5 Å². The van der Waals surface area contributed by atoms with Crippen LogP contribution < -0.4 is 0 Å². The summed E-state index contributed by atoms with van der Waals surface area (Å²) in [5.74, 6) is 0.622. The average Bonchev–Trinajstić information content (AvgIpc) is 2.80. The van der Waals surface area contributed by atoms with E-state index in [1.807, 2.05) is 48.5 Å². The molecule has 0 atom stereocenters. The smallest absolute Gasteiger partial charge is 0.162 e. The van der Waals surface area contributed by atoms with Crippen molar-refractivity contribution in [3.05, 3.63) is 69.7 Å². The number of hydrogen-bond donors (Lipinski definition) is 0. The fourth-order valence-corrected chi connectivity index (χ4v) is 4.11. The summed E-state index contributed by atoms with van der Waals surface area (Å²) >= 11 is 11.7. The number of ether oxygens (including phenoxy) is 4. The molecule has 0 spiro atoms. The van der Waals surface area contributed by atoms with Crippen LogP contribution in [0, 0.1) is 10.8 Å². The molecule has 2 saturated heterocycles.